The van der Waals surface area contributed by atoms with Gasteiger partial charge in [-0.05, 0) is 71.3 Å². The number of nitrogens with one attached hydrogen (secondary N) is 3. The molecule has 36 heavy (non-hydrogen) atoms. The summed E-state index contributed by atoms with van der Waals surface area (Å²) >= 11 is 13.9. The van der Waals surface area contributed by atoms with E-state index in [0.29, 0.717) is 43.0 Å². The number of amides is 3. The molecule has 3 rings (SSSR count). The lowest BCUT2D eigenvalue weighted by Crippen LogP contribution is -2.41. The third-order valence-electron chi connectivity index (χ3n) is 4.90. The molecular formula is C23H23Cl2IN4O6. The number of carbonyl (C=O) groups is 3. The maximum absolute atomic E-state index is 12.3. The van der Waals surface area contributed by atoms with Gasteiger partial charge in [0.05, 0.1) is 33.0 Å². The molecule has 3 amide bonds. The first-order chi connectivity index (χ1) is 17.3. The highest BCUT2D eigenvalue weighted by Crippen LogP contribution is 2.33. The van der Waals surface area contributed by atoms with Crippen molar-refractivity contribution in [2.45, 2.75) is 18.9 Å². The molecule has 1 atom stereocenters. The van der Waals surface area contributed by atoms with E-state index in [1.54, 1.807) is 24.3 Å². The molecule has 1 aliphatic rings. The van der Waals surface area contributed by atoms with Crippen LogP contribution in [0.25, 0.3) is 0 Å². The number of benzene rings is 2. The lowest BCUT2D eigenvalue weighted by Gasteiger charge is -2.13. The monoisotopic (exact) mass is 648 g/mol. The summed E-state index contributed by atoms with van der Waals surface area (Å²) in [6.45, 7) is 0.657. The number of hydrazone groups is 1. The number of hydrogen-bond acceptors (Lipinski definition) is 7. The predicted molar refractivity (Wildman–Crippen MR) is 144 cm³/mol. The van der Waals surface area contributed by atoms with E-state index >= 15 is 0 Å². The zero-order valence-electron chi connectivity index (χ0n) is 19.1. The van der Waals surface area contributed by atoms with Gasteiger partial charge in [0.2, 0.25) is 0 Å². The Morgan fingerprint density at radius 1 is 1.19 bits per heavy atom. The molecule has 2 aromatic rings. The highest BCUT2D eigenvalue weighted by molar-refractivity contribution is 14.1. The highest BCUT2D eigenvalue weighted by atomic mass is 127. The Kier molecular flexibility index (Phi) is 10.6. The van der Waals surface area contributed by atoms with E-state index in [4.69, 9.17) is 37.4 Å². The Labute approximate surface area is 231 Å². The van der Waals surface area contributed by atoms with Crippen molar-refractivity contribution in [1.82, 2.24) is 10.7 Å². The van der Waals surface area contributed by atoms with E-state index in [-0.39, 0.29) is 19.3 Å². The number of hydrogen-bond donors (Lipinski definition) is 3. The lowest BCUT2D eigenvalue weighted by molar-refractivity contribution is -0.139. The van der Waals surface area contributed by atoms with Crippen LogP contribution in [0.5, 0.6) is 11.5 Å². The van der Waals surface area contributed by atoms with Gasteiger partial charge in [-0.15, -0.1) is 0 Å². The Morgan fingerprint density at radius 2 is 2.00 bits per heavy atom. The minimum absolute atomic E-state index is 0.0671. The van der Waals surface area contributed by atoms with Crippen molar-refractivity contribution < 1.29 is 28.6 Å². The van der Waals surface area contributed by atoms with Crippen LogP contribution in [0.2, 0.25) is 10.0 Å². The Bertz CT molecular complexity index is 1160. The molecule has 0 spiro atoms. The molecule has 192 valence electrons. The first kappa shape index (κ1) is 28.0. The SMILES string of the molecule is COc1cc(/C=N\NC(=O)C(=O)NC[C@@H]2CCCO2)cc(I)c1OCC(=O)Nc1ccc(Cl)c(Cl)c1. The van der Waals surface area contributed by atoms with Gasteiger partial charge in [-0.1, -0.05) is 23.2 Å². The number of ether oxygens (including phenoxy) is 3. The summed E-state index contributed by atoms with van der Waals surface area (Å²) in [5.74, 6) is -1.38. The van der Waals surface area contributed by atoms with Crippen LogP contribution in [0.3, 0.4) is 0 Å². The van der Waals surface area contributed by atoms with Crippen molar-refractivity contribution in [2.24, 2.45) is 5.10 Å². The van der Waals surface area contributed by atoms with E-state index in [9.17, 15) is 14.4 Å². The first-order valence-electron chi connectivity index (χ1n) is 10.7. The summed E-state index contributed by atoms with van der Waals surface area (Å²) in [7, 11) is 1.45. The van der Waals surface area contributed by atoms with Gasteiger partial charge in [-0.2, -0.15) is 5.10 Å². The quantitative estimate of drug-likeness (QED) is 0.166. The maximum atomic E-state index is 12.3. The second-order valence-corrected chi connectivity index (χ2v) is 9.52. The van der Waals surface area contributed by atoms with Crippen molar-refractivity contribution in [2.75, 3.05) is 32.2 Å². The summed E-state index contributed by atoms with van der Waals surface area (Å²) in [5, 5.41) is 9.71. The van der Waals surface area contributed by atoms with Gasteiger partial charge in [0.1, 0.15) is 0 Å². The van der Waals surface area contributed by atoms with Gasteiger partial charge in [0.15, 0.2) is 18.1 Å². The molecule has 10 nitrogen and oxygen atoms in total. The molecule has 2 aromatic carbocycles. The van der Waals surface area contributed by atoms with E-state index in [1.807, 2.05) is 22.6 Å². The summed E-state index contributed by atoms with van der Waals surface area (Å²) in [6, 6.07) is 8.06. The van der Waals surface area contributed by atoms with Gasteiger partial charge in [-0.3, -0.25) is 14.4 Å². The molecule has 0 aromatic heterocycles. The van der Waals surface area contributed by atoms with E-state index in [0.717, 1.165) is 12.8 Å². The second kappa shape index (κ2) is 13.6. The molecule has 1 aliphatic heterocycles. The van der Waals surface area contributed by atoms with E-state index in [2.05, 4.69) is 21.2 Å². The number of anilines is 1. The summed E-state index contributed by atoms with van der Waals surface area (Å²) in [4.78, 5) is 36.1. The van der Waals surface area contributed by atoms with Gasteiger partial charge in [0, 0.05) is 18.8 Å². The number of rotatable bonds is 9. The molecule has 0 unspecified atom stereocenters. The van der Waals surface area contributed by atoms with Crippen molar-refractivity contribution in [3.63, 3.8) is 0 Å². The van der Waals surface area contributed by atoms with Crippen LogP contribution in [0.15, 0.2) is 35.4 Å². The van der Waals surface area contributed by atoms with Crippen LogP contribution in [0, 0.1) is 3.57 Å². The Morgan fingerprint density at radius 3 is 2.69 bits per heavy atom. The predicted octanol–water partition coefficient (Wildman–Crippen LogP) is 3.37. The standard InChI is InChI=1S/C23H23Cl2IN4O6/c1-34-19-8-13(10-28-30-23(33)22(32)27-11-15-3-2-6-35-15)7-18(26)21(19)36-12-20(31)29-14-4-5-16(24)17(25)9-14/h4-5,7-10,15H,2-3,6,11-12H2,1H3,(H,27,32)(H,29,31)(H,30,33)/b28-10-/t15-/m0/s1. The number of halogens is 3. The molecule has 13 heteroatoms. The van der Waals surface area contributed by atoms with Crippen molar-refractivity contribution in [3.05, 3.63) is 49.5 Å². The fourth-order valence-corrected chi connectivity index (χ4v) is 4.25. The molecule has 1 fully saturated rings. The Balaban J connectivity index is 1.53. The number of carbonyl (C=O) groups excluding carboxylic acids is 3. The minimum Gasteiger partial charge on any atom is -0.493 e. The molecule has 0 aliphatic carbocycles. The number of nitrogens with zero attached hydrogens (tertiary/aromatic N) is 1. The Hall–Kier alpha value is -2.61. The van der Waals surface area contributed by atoms with Crippen LogP contribution < -0.4 is 25.5 Å². The summed E-state index contributed by atoms with van der Waals surface area (Å²) in [5.41, 5.74) is 3.23. The van der Waals surface area contributed by atoms with E-state index in [1.165, 1.54) is 19.4 Å². The topological polar surface area (TPSA) is 127 Å². The number of methoxy groups -OCH3 is 1. The van der Waals surface area contributed by atoms with Crippen LogP contribution in [0.1, 0.15) is 18.4 Å². The van der Waals surface area contributed by atoms with Gasteiger partial charge in [-0.25, -0.2) is 5.43 Å². The average molecular weight is 649 g/mol. The van der Waals surface area contributed by atoms with Gasteiger partial charge >= 0.3 is 11.8 Å². The van der Waals surface area contributed by atoms with Gasteiger partial charge < -0.3 is 24.8 Å². The molecule has 0 bridgehead atoms. The van der Waals surface area contributed by atoms with Crippen LogP contribution in [-0.2, 0) is 19.1 Å². The molecular weight excluding hydrogens is 626 g/mol. The smallest absolute Gasteiger partial charge is 0.329 e. The van der Waals surface area contributed by atoms with Gasteiger partial charge in [0.25, 0.3) is 5.91 Å². The second-order valence-electron chi connectivity index (χ2n) is 7.54. The fraction of sp³-hybridized carbons (Fsp3) is 0.304. The van der Waals surface area contributed by atoms with Crippen molar-refractivity contribution in [1.29, 1.82) is 0 Å². The third-order valence-corrected chi connectivity index (χ3v) is 6.44. The third kappa shape index (κ3) is 8.22. The molecule has 0 saturated carbocycles. The maximum Gasteiger partial charge on any atom is 0.329 e. The molecule has 0 radical (unpaired) electrons. The van der Waals surface area contributed by atoms with Crippen molar-refractivity contribution >= 4 is 75.4 Å². The van der Waals surface area contributed by atoms with Crippen LogP contribution in [0.4, 0.5) is 5.69 Å². The van der Waals surface area contributed by atoms with Crippen molar-refractivity contribution in [3.8, 4) is 11.5 Å². The summed E-state index contributed by atoms with van der Waals surface area (Å²) < 4.78 is 17.1. The van der Waals surface area contributed by atoms with E-state index < -0.39 is 17.7 Å². The highest BCUT2D eigenvalue weighted by Gasteiger charge is 2.19. The van der Waals surface area contributed by atoms with Crippen LogP contribution >= 0.6 is 45.8 Å². The molecule has 1 heterocycles. The largest absolute Gasteiger partial charge is 0.493 e. The normalized spacial score (nSPS) is 14.9. The molecule has 3 N–H and O–H groups in total. The first-order valence-corrected chi connectivity index (χ1v) is 12.6. The van der Waals surface area contributed by atoms with Crippen LogP contribution in [-0.4, -0.2) is 56.9 Å². The summed E-state index contributed by atoms with van der Waals surface area (Å²) in [6.07, 6.45) is 3.08. The average Bonchev–Trinajstić information content (AvgIpc) is 3.37. The fourth-order valence-electron chi connectivity index (χ4n) is 3.17. The molecule has 1 saturated heterocycles. The zero-order valence-corrected chi connectivity index (χ0v) is 22.8. The zero-order chi connectivity index (χ0) is 26.1. The lowest BCUT2D eigenvalue weighted by atomic mass is 10.2. The minimum atomic E-state index is -0.890.